The molecule has 0 bridgehead atoms. The zero-order valence-corrected chi connectivity index (χ0v) is 18.6. The van der Waals surface area contributed by atoms with E-state index in [1.807, 2.05) is 23.6 Å². The average Bonchev–Trinajstić information content (AvgIpc) is 3.34. The van der Waals surface area contributed by atoms with E-state index < -0.39 is 0 Å². The van der Waals surface area contributed by atoms with Crippen molar-refractivity contribution in [2.45, 2.75) is 32.2 Å². The summed E-state index contributed by atoms with van der Waals surface area (Å²) in [5.41, 5.74) is 2.32. The summed E-state index contributed by atoms with van der Waals surface area (Å²) in [7, 11) is 1.57. The predicted octanol–water partition coefficient (Wildman–Crippen LogP) is 5.03. The van der Waals surface area contributed by atoms with Gasteiger partial charge in [0.15, 0.2) is 5.69 Å². The molecule has 0 aliphatic rings. The van der Waals surface area contributed by atoms with Crippen LogP contribution in [0.1, 0.15) is 58.7 Å². The van der Waals surface area contributed by atoms with E-state index in [1.165, 1.54) is 10.2 Å². The Morgan fingerprint density at radius 1 is 1.03 bits per heavy atom. The fourth-order valence-corrected chi connectivity index (χ4v) is 4.50. The number of carbonyl (C=O) groups excluding carboxylic acids is 1. The molecule has 2 atom stereocenters. The summed E-state index contributed by atoms with van der Waals surface area (Å²) in [6.45, 7) is 4.39. The van der Waals surface area contributed by atoms with Crippen molar-refractivity contribution in [1.29, 1.82) is 0 Å². The Morgan fingerprint density at radius 2 is 1.71 bits per heavy atom. The molecule has 5 nitrogen and oxygen atoms in total. The van der Waals surface area contributed by atoms with Gasteiger partial charge in [0.25, 0.3) is 11.5 Å². The Morgan fingerprint density at radius 3 is 2.35 bits per heavy atom. The number of hydrogen-bond donors (Lipinski definition) is 1. The smallest absolute Gasteiger partial charge is 0.274 e. The maximum atomic E-state index is 13.3. The molecule has 0 radical (unpaired) electrons. The number of nitrogens with one attached hydrogen (secondary N) is 1. The Balaban J connectivity index is 1.72. The van der Waals surface area contributed by atoms with Crippen LogP contribution in [0.15, 0.2) is 70.8 Å². The van der Waals surface area contributed by atoms with Gasteiger partial charge in [-0.25, -0.2) is 4.68 Å². The number of nitrogens with zero attached hydrogens (tertiary/aromatic N) is 2. The number of rotatable bonds is 6. The van der Waals surface area contributed by atoms with Crippen LogP contribution in [0.4, 0.5) is 0 Å². The second-order valence-electron chi connectivity index (χ2n) is 7.72. The minimum absolute atomic E-state index is 0.220. The summed E-state index contributed by atoms with van der Waals surface area (Å²) >= 11 is 1.60. The lowest BCUT2D eigenvalue weighted by Gasteiger charge is -2.19. The van der Waals surface area contributed by atoms with Gasteiger partial charge >= 0.3 is 0 Å². The topological polar surface area (TPSA) is 64.0 Å². The molecule has 2 aromatic carbocycles. The third kappa shape index (κ3) is 4.16. The fraction of sp³-hybridized carbons (Fsp3) is 0.240. The number of fused-ring (bicyclic) bond motifs is 1. The highest BCUT2D eigenvalue weighted by molar-refractivity contribution is 7.10. The van der Waals surface area contributed by atoms with Crippen molar-refractivity contribution in [2.24, 2.45) is 7.05 Å². The lowest BCUT2D eigenvalue weighted by atomic mass is 9.95. The van der Waals surface area contributed by atoms with Crippen LogP contribution < -0.4 is 10.9 Å². The second kappa shape index (κ2) is 8.86. The molecule has 0 saturated heterocycles. The maximum absolute atomic E-state index is 13.3. The Kier molecular flexibility index (Phi) is 6.00. The highest BCUT2D eigenvalue weighted by atomic mass is 32.1. The van der Waals surface area contributed by atoms with Gasteiger partial charge in [-0.2, -0.15) is 5.10 Å². The normalized spacial score (nSPS) is 13.1. The van der Waals surface area contributed by atoms with E-state index in [2.05, 4.69) is 48.5 Å². The van der Waals surface area contributed by atoms with Crippen molar-refractivity contribution in [3.8, 4) is 0 Å². The van der Waals surface area contributed by atoms with Crippen molar-refractivity contribution in [2.75, 3.05) is 0 Å². The number of amides is 1. The van der Waals surface area contributed by atoms with Crippen molar-refractivity contribution in [1.82, 2.24) is 15.1 Å². The molecular weight excluding hydrogens is 406 g/mol. The van der Waals surface area contributed by atoms with E-state index in [1.54, 1.807) is 36.6 Å². The van der Waals surface area contributed by atoms with Crippen LogP contribution in [-0.2, 0) is 7.05 Å². The van der Waals surface area contributed by atoms with Gasteiger partial charge in [-0.15, -0.1) is 11.3 Å². The number of benzene rings is 2. The van der Waals surface area contributed by atoms with Crippen molar-refractivity contribution < 1.29 is 4.79 Å². The number of hydrogen-bond acceptors (Lipinski definition) is 4. The molecule has 1 N–H and O–H groups in total. The first-order chi connectivity index (χ1) is 15.0. The summed E-state index contributed by atoms with van der Waals surface area (Å²) < 4.78 is 1.22. The van der Waals surface area contributed by atoms with Gasteiger partial charge in [0, 0.05) is 17.3 Å². The number of aryl methyl sites for hydroxylation is 1. The molecule has 31 heavy (non-hydrogen) atoms. The average molecular weight is 432 g/mol. The summed E-state index contributed by atoms with van der Waals surface area (Å²) in [5.74, 6) is 0.182. The Hall–Kier alpha value is -3.25. The van der Waals surface area contributed by atoms with Crippen molar-refractivity contribution in [3.63, 3.8) is 0 Å². The highest BCUT2D eigenvalue weighted by Gasteiger charge is 2.22. The molecule has 6 heteroatoms. The third-order valence-corrected chi connectivity index (χ3v) is 6.66. The molecule has 158 valence electrons. The molecule has 0 spiro atoms. The monoisotopic (exact) mass is 431 g/mol. The van der Waals surface area contributed by atoms with E-state index in [0.29, 0.717) is 16.7 Å². The molecule has 0 fully saturated rings. The minimum atomic E-state index is -0.309. The van der Waals surface area contributed by atoms with Gasteiger partial charge in [-0.05, 0) is 41.0 Å². The van der Waals surface area contributed by atoms with E-state index in [-0.39, 0.29) is 23.2 Å². The molecule has 0 aliphatic heterocycles. The molecule has 4 aromatic rings. The zero-order chi connectivity index (χ0) is 22.0. The first kappa shape index (κ1) is 21.0. The third-order valence-electron chi connectivity index (χ3n) is 5.73. The molecule has 0 aliphatic carbocycles. The van der Waals surface area contributed by atoms with Gasteiger partial charge in [0.05, 0.1) is 11.4 Å². The van der Waals surface area contributed by atoms with Gasteiger partial charge in [-0.1, -0.05) is 62.4 Å². The van der Waals surface area contributed by atoms with Crippen LogP contribution in [0.2, 0.25) is 0 Å². The van der Waals surface area contributed by atoms with E-state index >= 15 is 0 Å². The lowest BCUT2D eigenvalue weighted by molar-refractivity contribution is 0.0938. The van der Waals surface area contributed by atoms with Crippen LogP contribution in [-0.4, -0.2) is 15.7 Å². The van der Waals surface area contributed by atoms with Crippen LogP contribution >= 0.6 is 11.3 Å². The molecule has 2 aromatic heterocycles. The SMILES string of the molecule is CC[C@H](C)c1ccc([C@@H](NC(=O)c2nn(C)c(=O)c3ccccc23)c2cccs2)cc1. The fourth-order valence-electron chi connectivity index (χ4n) is 3.69. The summed E-state index contributed by atoms with van der Waals surface area (Å²) in [6, 6.07) is 19.2. The second-order valence-corrected chi connectivity index (χ2v) is 8.70. The van der Waals surface area contributed by atoms with Crippen molar-refractivity contribution in [3.05, 3.63) is 98.1 Å². The first-order valence-corrected chi connectivity index (χ1v) is 11.3. The summed E-state index contributed by atoms with van der Waals surface area (Å²) in [5, 5.41) is 10.5. The van der Waals surface area contributed by atoms with Crippen molar-refractivity contribution >= 4 is 28.0 Å². The standard InChI is InChI=1S/C25H25N3O2S/c1-4-16(2)17-11-13-18(14-12-17)22(21-10-7-15-31-21)26-24(29)23-19-8-5-6-9-20(19)25(30)28(3)27-23/h5-16,22H,4H2,1-3H3,(H,26,29)/t16-,22+/m0/s1. The van der Waals surface area contributed by atoms with Crippen LogP contribution in [0.25, 0.3) is 10.8 Å². The first-order valence-electron chi connectivity index (χ1n) is 10.4. The summed E-state index contributed by atoms with van der Waals surface area (Å²) in [6.07, 6.45) is 1.08. The molecular formula is C25H25N3O2S. The zero-order valence-electron chi connectivity index (χ0n) is 17.8. The van der Waals surface area contributed by atoms with Crippen LogP contribution in [0.3, 0.4) is 0 Å². The Bertz CT molecular complexity index is 1260. The minimum Gasteiger partial charge on any atom is -0.339 e. The van der Waals surface area contributed by atoms with Crippen LogP contribution in [0, 0.1) is 0 Å². The molecule has 2 heterocycles. The molecule has 4 rings (SSSR count). The largest absolute Gasteiger partial charge is 0.339 e. The van der Waals surface area contributed by atoms with E-state index in [4.69, 9.17) is 0 Å². The predicted molar refractivity (Wildman–Crippen MR) is 126 cm³/mol. The number of thiophene rings is 1. The van der Waals surface area contributed by atoms with Gasteiger partial charge in [0.1, 0.15) is 0 Å². The van der Waals surface area contributed by atoms with Crippen LogP contribution in [0.5, 0.6) is 0 Å². The summed E-state index contributed by atoms with van der Waals surface area (Å²) in [4.78, 5) is 26.8. The number of carbonyl (C=O) groups is 1. The molecule has 0 saturated carbocycles. The quantitative estimate of drug-likeness (QED) is 0.466. The van der Waals surface area contributed by atoms with Gasteiger partial charge < -0.3 is 5.32 Å². The van der Waals surface area contributed by atoms with Gasteiger partial charge in [-0.3, -0.25) is 9.59 Å². The number of aromatic nitrogens is 2. The maximum Gasteiger partial charge on any atom is 0.274 e. The Labute approximate surface area is 185 Å². The lowest BCUT2D eigenvalue weighted by Crippen LogP contribution is -2.32. The van der Waals surface area contributed by atoms with E-state index in [0.717, 1.165) is 16.9 Å². The van der Waals surface area contributed by atoms with E-state index in [9.17, 15) is 9.59 Å². The molecule has 0 unspecified atom stereocenters. The molecule has 1 amide bonds. The highest BCUT2D eigenvalue weighted by Crippen LogP contribution is 2.28. The van der Waals surface area contributed by atoms with Gasteiger partial charge in [0.2, 0.25) is 0 Å².